The summed E-state index contributed by atoms with van der Waals surface area (Å²) in [7, 11) is 2.05. The van der Waals surface area contributed by atoms with Crippen LogP contribution in [0.25, 0.3) is 0 Å². The maximum absolute atomic E-state index is 3.28. The fourth-order valence-electron chi connectivity index (χ4n) is 3.00. The minimum atomic E-state index is 0.489. The normalized spacial score (nSPS) is 29.9. The van der Waals surface area contributed by atoms with Gasteiger partial charge in [0.1, 0.15) is 0 Å². The molecule has 0 atom stereocenters. The van der Waals surface area contributed by atoms with Crippen molar-refractivity contribution in [1.29, 1.82) is 0 Å². The fourth-order valence-corrected chi connectivity index (χ4v) is 3.00. The number of hydrogen-bond acceptors (Lipinski definition) is 1. The number of benzene rings is 1. The molecule has 0 aromatic heterocycles. The first kappa shape index (κ1) is 10.7. The van der Waals surface area contributed by atoms with E-state index in [-0.39, 0.29) is 0 Å². The van der Waals surface area contributed by atoms with E-state index in [1.807, 2.05) is 0 Å². The van der Waals surface area contributed by atoms with Crippen LogP contribution in [0.15, 0.2) is 30.3 Å². The lowest BCUT2D eigenvalue weighted by Gasteiger charge is -2.48. The van der Waals surface area contributed by atoms with E-state index in [0.29, 0.717) is 5.41 Å². The Morgan fingerprint density at radius 3 is 2.47 bits per heavy atom. The first-order valence-corrected chi connectivity index (χ1v) is 6.01. The van der Waals surface area contributed by atoms with Crippen LogP contribution < -0.4 is 5.32 Å². The van der Waals surface area contributed by atoms with Gasteiger partial charge in [0.2, 0.25) is 0 Å². The van der Waals surface area contributed by atoms with Crippen LogP contribution in [0.4, 0.5) is 0 Å². The second-order valence-electron chi connectivity index (χ2n) is 4.83. The lowest BCUT2D eigenvalue weighted by atomic mass is 9.57. The van der Waals surface area contributed by atoms with E-state index in [4.69, 9.17) is 0 Å². The summed E-state index contributed by atoms with van der Waals surface area (Å²) in [6.45, 7) is 3.50. The van der Waals surface area contributed by atoms with Crippen LogP contribution in [0.1, 0.15) is 31.7 Å². The molecule has 82 valence electrons. The minimum Gasteiger partial charge on any atom is -0.319 e. The Bertz CT molecular complexity index is 298. The predicted molar refractivity (Wildman–Crippen MR) is 65.1 cm³/mol. The highest BCUT2D eigenvalue weighted by molar-refractivity contribution is 5.28. The largest absolute Gasteiger partial charge is 0.319 e. The Labute approximate surface area is 92.9 Å². The second-order valence-corrected chi connectivity index (χ2v) is 4.83. The summed E-state index contributed by atoms with van der Waals surface area (Å²) in [5.41, 5.74) is 2.03. The molecule has 15 heavy (non-hydrogen) atoms. The third kappa shape index (κ3) is 1.93. The van der Waals surface area contributed by atoms with Crippen molar-refractivity contribution in [3.8, 4) is 0 Å². The molecule has 0 radical (unpaired) electrons. The molecule has 0 amide bonds. The number of hydrogen-bond donors (Lipinski definition) is 1. The maximum Gasteiger partial charge on any atom is -0.00229 e. The number of nitrogens with one attached hydrogen (secondary N) is 1. The molecular formula is C14H21N. The zero-order valence-corrected chi connectivity index (χ0v) is 9.79. The van der Waals surface area contributed by atoms with E-state index in [1.54, 1.807) is 5.56 Å². The van der Waals surface area contributed by atoms with E-state index in [0.717, 1.165) is 5.92 Å². The monoisotopic (exact) mass is 203 g/mol. The lowest BCUT2D eigenvalue weighted by Crippen LogP contribution is -2.44. The summed E-state index contributed by atoms with van der Waals surface area (Å²) in [4.78, 5) is 0. The summed E-state index contributed by atoms with van der Waals surface area (Å²) < 4.78 is 0. The summed E-state index contributed by atoms with van der Waals surface area (Å²) in [6.07, 6.45) is 3.99. The van der Waals surface area contributed by atoms with Crippen LogP contribution >= 0.6 is 0 Å². The molecule has 0 bridgehead atoms. The molecule has 1 aromatic carbocycles. The minimum absolute atomic E-state index is 0.489. The Morgan fingerprint density at radius 1 is 1.27 bits per heavy atom. The first-order valence-electron chi connectivity index (χ1n) is 6.01. The average Bonchev–Trinajstić information content (AvgIpc) is 2.24. The Balaban J connectivity index is 2.07. The highest BCUT2D eigenvalue weighted by atomic mass is 14.8. The van der Waals surface area contributed by atoms with Gasteiger partial charge in [0.05, 0.1) is 0 Å². The maximum atomic E-state index is 3.28. The van der Waals surface area contributed by atoms with E-state index < -0.39 is 0 Å². The molecule has 0 aliphatic heterocycles. The summed E-state index contributed by atoms with van der Waals surface area (Å²) in [6, 6.07) is 11.0. The van der Waals surface area contributed by atoms with Crippen LogP contribution in [0.2, 0.25) is 0 Å². The molecule has 0 spiro atoms. The van der Waals surface area contributed by atoms with Gasteiger partial charge < -0.3 is 5.32 Å². The zero-order chi connectivity index (χ0) is 10.7. The molecular weight excluding hydrogens is 182 g/mol. The molecule has 0 heterocycles. The molecule has 0 unspecified atom stereocenters. The average molecular weight is 203 g/mol. The van der Waals surface area contributed by atoms with Crippen LogP contribution in [0.3, 0.4) is 0 Å². The van der Waals surface area contributed by atoms with Crippen molar-refractivity contribution >= 4 is 0 Å². The van der Waals surface area contributed by atoms with E-state index in [2.05, 4.69) is 49.6 Å². The van der Waals surface area contributed by atoms with Gasteiger partial charge >= 0.3 is 0 Å². The van der Waals surface area contributed by atoms with Gasteiger partial charge in [-0.05, 0) is 49.8 Å². The molecule has 1 N–H and O–H groups in total. The quantitative estimate of drug-likeness (QED) is 0.793. The Morgan fingerprint density at radius 2 is 1.93 bits per heavy atom. The smallest absolute Gasteiger partial charge is 0.00229 e. The molecule has 1 aliphatic rings. The van der Waals surface area contributed by atoms with Crippen molar-refractivity contribution in [3.05, 3.63) is 35.9 Å². The molecule has 1 fully saturated rings. The van der Waals surface area contributed by atoms with Gasteiger partial charge in [0, 0.05) is 0 Å². The fraction of sp³-hybridized carbons (Fsp3) is 0.571. The molecule has 0 saturated heterocycles. The Kier molecular flexibility index (Phi) is 3.11. The first-order chi connectivity index (χ1) is 7.30. The van der Waals surface area contributed by atoms with Crippen LogP contribution in [-0.2, 0) is 5.41 Å². The van der Waals surface area contributed by atoms with Crippen molar-refractivity contribution in [3.63, 3.8) is 0 Å². The highest BCUT2D eigenvalue weighted by Gasteiger charge is 2.43. The van der Waals surface area contributed by atoms with Gasteiger partial charge in [-0.1, -0.05) is 37.3 Å². The summed E-state index contributed by atoms with van der Waals surface area (Å²) in [5.74, 6) is 0.884. The Hall–Kier alpha value is -0.820. The van der Waals surface area contributed by atoms with Gasteiger partial charge in [-0.3, -0.25) is 0 Å². The van der Waals surface area contributed by atoms with Gasteiger partial charge in [0.15, 0.2) is 0 Å². The predicted octanol–water partition coefficient (Wildman–Crippen LogP) is 2.96. The molecule has 1 heteroatoms. The van der Waals surface area contributed by atoms with Crippen LogP contribution in [-0.4, -0.2) is 13.6 Å². The van der Waals surface area contributed by atoms with Crippen molar-refractivity contribution in [2.75, 3.05) is 13.6 Å². The van der Waals surface area contributed by atoms with Gasteiger partial charge in [-0.2, -0.15) is 0 Å². The highest BCUT2D eigenvalue weighted by Crippen LogP contribution is 2.49. The SMILES string of the molecule is CCC1(c2ccccc2)CC(CNC)C1. The van der Waals surface area contributed by atoms with Crippen molar-refractivity contribution in [2.24, 2.45) is 5.92 Å². The topological polar surface area (TPSA) is 12.0 Å². The van der Waals surface area contributed by atoms with Gasteiger partial charge in [-0.25, -0.2) is 0 Å². The summed E-state index contributed by atoms with van der Waals surface area (Å²) in [5, 5.41) is 3.28. The van der Waals surface area contributed by atoms with Gasteiger partial charge in [0.25, 0.3) is 0 Å². The van der Waals surface area contributed by atoms with Crippen molar-refractivity contribution < 1.29 is 0 Å². The molecule has 2 rings (SSSR count). The zero-order valence-electron chi connectivity index (χ0n) is 9.79. The number of rotatable bonds is 4. The van der Waals surface area contributed by atoms with Crippen LogP contribution in [0, 0.1) is 5.92 Å². The van der Waals surface area contributed by atoms with Crippen LogP contribution in [0.5, 0.6) is 0 Å². The molecule has 1 aliphatic carbocycles. The molecule has 1 nitrogen and oxygen atoms in total. The standard InChI is InChI=1S/C14H21N/c1-3-14(9-12(10-14)11-15-2)13-7-5-4-6-8-13/h4-8,12,15H,3,9-11H2,1-2H3. The van der Waals surface area contributed by atoms with Crippen molar-refractivity contribution in [2.45, 2.75) is 31.6 Å². The van der Waals surface area contributed by atoms with Crippen molar-refractivity contribution in [1.82, 2.24) is 5.32 Å². The van der Waals surface area contributed by atoms with E-state index in [1.165, 1.54) is 25.8 Å². The second kappa shape index (κ2) is 4.36. The third-order valence-electron chi connectivity index (χ3n) is 3.91. The van der Waals surface area contributed by atoms with E-state index >= 15 is 0 Å². The third-order valence-corrected chi connectivity index (χ3v) is 3.91. The lowest BCUT2D eigenvalue weighted by molar-refractivity contribution is 0.135. The molecule has 1 saturated carbocycles. The molecule has 1 aromatic rings. The van der Waals surface area contributed by atoms with Gasteiger partial charge in [-0.15, -0.1) is 0 Å². The summed E-state index contributed by atoms with van der Waals surface area (Å²) >= 11 is 0. The van der Waals surface area contributed by atoms with E-state index in [9.17, 15) is 0 Å².